The van der Waals surface area contributed by atoms with Gasteiger partial charge < -0.3 is 26.4 Å². The quantitative estimate of drug-likeness (QED) is 0.169. The normalized spacial score (nSPS) is 13.9. The number of methoxy groups -OCH3 is 1. The number of ketones is 1. The number of halogens is 6. The Hall–Kier alpha value is -3.78. The van der Waals surface area contributed by atoms with Crippen molar-refractivity contribution in [3.63, 3.8) is 0 Å². The smallest absolute Gasteiger partial charge is 0.452 e. The number of alkyl halides is 5. The standard InChI is InChI=1S/C29H34ClF5N4O5/c1-16(2)22(24(40)29(33,34)35)38-26(42)23(17-10-12-20(44-3)13-11-17)39-25(41)21(9-4-5-14-36)37-27(43)28(31,32)18-7-6-8-19(30)15-18/h6-8,10-13,15-16,21-23H,4-5,9,14,36H2,1-3H3,(H,37,43)(H,38,42)(H,39,41)/t21-,22-,23-/m0/s1. The monoisotopic (exact) mass is 648 g/mol. The van der Waals surface area contributed by atoms with Crippen LogP contribution in [0.1, 0.15) is 50.3 Å². The molecule has 0 radical (unpaired) electrons. The SMILES string of the molecule is COc1ccc([C@H](NC(=O)[C@H](CCCCN)NC(=O)C(F)(F)c2cccc(Cl)c2)C(=O)N[C@H](C(=O)C(F)(F)F)C(C)C)cc1. The zero-order valence-electron chi connectivity index (χ0n) is 24.1. The fourth-order valence-electron chi connectivity index (χ4n) is 4.11. The van der Waals surface area contributed by atoms with E-state index < -0.39 is 65.2 Å². The van der Waals surface area contributed by atoms with Gasteiger partial charge in [-0.05, 0) is 61.6 Å². The third-order valence-electron chi connectivity index (χ3n) is 6.57. The number of benzene rings is 2. The number of Topliss-reactive ketones (excluding diaryl/α,β-unsaturated/α-hetero) is 1. The van der Waals surface area contributed by atoms with Crippen molar-refractivity contribution in [1.82, 2.24) is 16.0 Å². The van der Waals surface area contributed by atoms with Gasteiger partial charge in [0, 0.05) is 10.6 Å². The summed E-state index contributed by atoms with van der Waals surface area (Å²) in [5.41, 5.74) is 4.84. The van der Waals surface area contributed by atoms with Gasteiger partial charge in [-0.2, -0.15) is 22.0 Å². The van der Waals surface area contributed by atoms with E-state index in [4.69, 9.17) is 22.1 Å². The van der Waals surface area contributed by atoms with Crippen molar-refractivity contribution in [2.75, 3.05) is 13.7 Å². The molecule has 15 heteroatoms. The molecule has 5 N–H and O–H groups in total. The number of carbonyl (C=O) groups is 4. The third kappa shape index (κ3) is 9.88. The number of hydrogen-bond acceptors (Lipinski definition) is 6. The van der Waals surface area contributed by atoms with Crippen LogP contribution >= 0.6 is 11.6 Å². The van der Waals surface area contributed by atoms with Gasteiger partial charge in [-0.1, -0.05) is 49.7 Å². The van der Waals surface area contributed by atoms with E-state index in [9.17, 15) is 32.3 Å². The van der Waals surface area contributed by atoms with Gasteiger partial charge in [-0.25, -0.2) is 0 Å². The Balaban J connectivity index is 2.42. The number of nitrogens with two attached hydrogens (primary N) is 1. The van der Waals surface area contributed by atoms with Crippen LogP contribution in [0.3, 0.4) is 0 Å². The predicted octanol–water partition coefficient (Wildman–Crippen LogP) is 4.18. The molecule has 0 unspecified atom stereocenters. The zero-order chi connectivity index (χ0) is 33.2. The average Bonchev–Trinajstić information content (AvgIpc) is 2.96. The van der Waals surface area contributed by atoms with E-state index in [-0.39, 0.29) is 30.0 Å². The molecule has 2 aromatic carbocycles. The summed E-state index contributed by atoms with van der Waals surface area (Å²) in [7, 11) is 1.37. The van der Waals surface area contributed by atoms with E-state index in [1.54, 1.807) is 0 Å². The molecule has 2 rings (SSSR count). The molecule has 242 valence electrons. The van der Waals surface area contributed by atoms with Crippen molar-refractivity contribution < 1.29 is 45.9 Å². The number of ether oxygens (including phenoxy) is 1. The minimum atomic E-state index is -5.26. The van der Waals surface area contributed by atoms with Crippen molar-refractivity contribution >= 4 is 35.1 Å². The average molecular weight is 649 g/mol. The molecular formula is C29H34ClF5N4O5. The lowest BCUT2D eigenvalue weighted by Gasteiger charge is -2.28. The summed E-state index contributed by atoms with van der Waals surface area (Å²) in [6.07, 6.45) is -4.85. The van der Waals surface area contributed by atoms with Crippen LogP contribution in [0, 0.1) is 5.92 Å². The first-order chi connectivity index (χ1) is 20.5. The molecule has 2 aromatic rings. The molecule has 0 bridgehead atoms. The van der Waals surface area contributed by atoms with Gasteiger partial charge in [0.25, 0.3) is 11.7 Å². The minimum absolute atomic E-state index is 0.0516. The molecule has 0 aliphatic carbocycles. The summed E-state index contributed by atoms with van der Waals surface area (Å²) in [5, 5.41) is 6.33. The highest BCUT2D eigenvalue weighted by molar-refractivity contribution is 6.30. The lowest BCUT2D eigenvalue weighted by Crippen LogP contribution is -2.55. The molecule has 0 fully saturated rings. The van der Waals surface area contributed by atoms with Gasteiger partial charge in [0.05, 0.1) is 13.2 Å². The van der Waals surface area contributed by atoms with Crippen LogP contribution in [-0.2, 0) is 25.1 Å². The topological polar surface area (TPSA) is 140 Å². The molecule has 0 spiro atoms. The van der Waals surface area contributed by atoms with Crippen LogP contribution in [0.25, 0.3) is 0 Å². The van der Waals surface area contributed by atoms with E-state index in [2.05, 4.69) is 5.32 Å². The number of unbranched alkanes of at least 4 members (excludes halogenated alkanes) is 1. The minimum Gasteiger partial charge on any atom is -0.497 e. The van der Waals surface area contributed by atoms with Crippen molar-refractivity contribution in [3.05, 3.63) is 64.7 Å². The number of amides is 3. The lowest BCUT2D eigenvalue weighted by molar-refractivity contribution is -0.175. The van der Waals surface area contributed by atoms with Gasteiger partial charge in [-0.15, -0.1) is 0 Å². The van der Waals surface area contributed by atoms with Gasteiger partial charge in [-0.3, -0.25) is 19.2 Å². The first-order valence-corrected chi connectivity index (χ1v) is 13.9. The summed E-state index contributed by atoms with van der Waals surface area (Å²) in [6, 6.07) is 4.63. The Morgan fingerprint density at radius 2 is 1.55 bits per heavy atom. The molecule has 0 aliphatic heterocycles. The second kappa shape index (κ2) is 15.8. The van der Waals surface area contributed by atoms with E-state index >= 15 is 8.78 Å². The van der Waals surface area contributed by atoms with Gasteiger partial charge >= 0.3 is 12.1 Å². The first-order valence-electron chi connectivity index (χ1n) is 13.5. The molecule has 0 saturated heterocycles. The Morgan fingerprint density at radius 3 is 2.07 bits per heavy atom. The highest BCUT2D eigenvalue weighted by Crippen LogP contribution is 2.30. The van der Waals surface area contributed by atoms with Crippen LogP contribution in [0.4, 0.5) is 22.0 Å². The number of carbonyl (C=O) groups excluding carboxylic acids is 4. The van der Waals surface area contributed by atoms with Crippen LogP contribution in [0.2, 0.25) is 5.02 Å². The molecule has 3 amide bonds. The molecular weight excluding hydrogens is 615 g/mol. The van der Waals surface area contributed by atoms with E-state index in [1.807, 2.05) is 10.6 Å². The van der Waals surface area contributed by atoms with E-state index in [1.165, 1.54) is 57.4 Å². The Labute approximate surface area is 256 Å². The van der Waals surface area contributed by atoms with Gasteiger partial charge in [0.1, 0.15) is 17.8 Å². The van der Waals surface area contributed by atoms with Crippen LogP contribution in [-0.4, -0.2) is 55.4 Å². The highest BCUT2D eigenvalue weighted by Gasteiger charge is 2.46. The highest BCUT2D eigenvalue weighted by atomic mass is 35.5. The molecule has 0 heterocycles. The zero-order valence-corrected chi connectivity index (χ0v) is 24.9. The lowest BCUT2D eigenvalue weighted by atomic mass is 9.97. The summed E-state index contributed by atoms with van der Waals surface area (Å²) in [6.45, 7) is 2.78. The number of hydrogen-bond donors (Lipinski definition) is 4. The molecule has 0 aromatic heterocycles. The third-order valence-corrected chi connectivity index (χ3v) is 6.80. The van der Waals surface area contributed by atoms with Crippen LogP contribution < -0.4 is 26.4 Å². The Morgan fingerprint density at radius 1 is 0.909 bits per heavy atom. The van der Waals surface area contributed by atoms with Crippen molar-refractivity contribution in [1.29, 1.82) is 0 Å². The molecule has 9 nitrogen and oxygen atoms in total. The molecule has 0 saturated carbocycles. The van der Waals surface area contributed by atoms with E-state index in [0.717, 1.165) is 12.1 Å². The van der Waals surface area contributed by atoms with Crippen LogP contribution in [0.15, 0.2) is 48.5 Å². The molecule has 3 atom stereocenters. The summed E-state index contributed by atoms with van der Waals surface area (Å²) in [5.74, 6) is -11.0. The summed E-state index contributed by atoms with van der Waals surface area (Å²) < 4.78 is 74.9. The summed E-state index contributed by atoms with van der Waals surface area (Å²) >= 11 is 5.79. The predicted molar refractivity (Wildman–Crippen MR) is 152 cm³/mol. The Bertz CT molecular complexity index is 1310. The van der Waals surface area contributed by atoms with Crippen molar-refractivity contribution in [2.24, 2.45) is 11.7 Å². The maximum absolute atomic E-state index is 15.0. The fourth-order valence-corrected chi connectivity index (χ4v) is 4.30. The van der Waals surface area contributed by atoms with Crippen LogP contribution in [0.5, 0.6) is 5.75 Å². The Kier molecular flexibility index (Phi) is 13.1. The van der Waals surface area contributed by atoms with E-state index in [0.29, 0.717) is 12.2 Å². The van der Waals surface area contributed by atoms with Gasteiger partial charge in [0.2, 0.25) is 11.8 Å². The van der Waals surface area contributed by atoms with Gasteiger partial charge in [0.15, 0.2) is 0 Å². The fraction of sp³-hybridized carbons (Fsp3) is 0.448. The van der Waals surface area contributed by atoms with Crippen molar-refractivity contribution in [2.45, 2.75) is 63.3 Å². The van der Waals surface area contributed by atoms with Crippen molar-refractivity contribution in [3.8, 4) is 5.75 Å². The summed E-state index contributed by atoms with van der Waals surface area (Å²) in [4.78, 5) is 51.5. The largest absolute Gasteiger partial charge is 0.497 e. The first kappa shape index (κ1) is 36.4. The number of nitrogens with one attached hydrogen (secondary N) is 3. The second-order valence-corrected chi connectivity index (χ2v) is 10.6. The number of rotatable bonds is 15. The molecule has 0 aliphatic rings. The molecule has 44 heavy (non-hydrogen) atoms. The maximum atomic E-state index is 15.0. The maximum Gasteiger partial charge on any atom is 0.452 e. The second-order valence-electron chi connectivity index (χ2n) is 10.2.